The Bertz CT molecular complexity index is 350. The number of aliphatic hydroxyl groups is 1. The largest absolute Gasteiger partial charge is 0.395 e. The molecular weight excluding hydrogens is 248 g/mol. The van der Waals surface area contributed by atoms with Crippen molar-refractivity contribution in [1.29, 1.82) is 0 Å². The Hall–Kier alpha value is -0.690. The molecule has 0 atom stereocenters. The van der Waals surface area contributed by atoms with Gasteiger partial charge in [-0.25, -0.2) is 4.98 Å². The quantitative estimate of drug-likeness (QED) is 0.796. The Morgan fingerprint density at radius 3 is 2.72 bits per heavy atom. The summed E-state index contributed by atoms with van der Waals surface area (Å²) in [7, 11) is 0. The topological polar surface area (TPSA) is 51.6 Å². The second kappa shape index (κ2) is 7.04. The molecule has 102 valence electrons. The summed E-state index contributed by atoms with van der Waals surface area (Å²) in [4.78, 5) is 10.4. The minimum Gasteiger partial charge on any atom is -0.395 e. The summed E-state index contributed by atoms with van der Waals surface area (Å²) >= 11 is 1.74. The Morgan fingerprint density at radius 2 is 2.06 bits per heavy atom. The van der Waals surface area contributed by atoms with Crippen LogP contribution in [0.4, 0.5) is 5.13 Å². The van der Waals surface area contributed by atoms with Gasteiger partial charge in [0, 0.05) is 56.9 Å². The standard InChI is InChI=1S/C12H22N4OS/c1-2-13-12-14-9-11(18-12)10-16-5-3-15(4-6-16)7-8-17/h9,17H,2-8,10H2,1H3,(H,13,14). The second-order valence-corrected chi connectivity index (χ2v) is 5.62. The van der Waals surface area contributed by atoms with Gasteiger partial charge in [-0.2, -0.15) is 0 Å². The van der Waals surface area contributed by atoms with Crippen molar-refractivity contribution in [1.82, 2.24) is 14.8 Å². The molecule has 0 aromatic carbocycles. The van der Waals surface area contributed by atoms with Crippen molar-refractivity contribution in [2.24, 2.45) is 0 Å². The zero-order valence-electron chi connectivity index (χ0n) is 10.9. The molecule has 18 heavy (non-hydrogen) atoms. The van der Waals surface area contributed by atoms with Gasteiger partial charge in [-0.1, -0.05) is 0 Å². The Morgan fingerprint density at radius 1 is 1.33 bits per heavy atom. The van der Waals surface area contributed by atoms with Crippen molar-refractivity contribution in [3.05, 3.63) is 11.1 Å². The molecule has 0 aliphatic carbocycles. The number of aliphatic hydroxyl groups excluding tert-OH is 1. The first-order valence-electron chi connectivity index (χ1n) is 6.56. The molecule has 0 unspecified atom stereocenters. The van der Waals surface area contributed by atoms with Crippen LogP contribution in [0.25, 0.3) is 0 Å². The minimum absolute atomic E-state index is 0.265. The van der Waals surface area contributed by atoms with Gasteiger partial charge < -0.3 is 10.4 Å². The van der Waals surface area contributed by atoms with E-state index in [1.54, 1.807) is 11.3 Å². The molecule has 0 radical (unpaired) electrons. The van der Waals surface area contributed by atoms with Gasteiger partial charge in [0.1, 0.15) is 0 Å². The molecule has 0 saturated carbocycles. The van der Waals surface area contributed by atoms with E-state index < -0.39 is 0 Å². The highest BCUT2D eigenvalue weighted by molar-refractivity contribution is 7.15. The number of aromatic nitrogens is 1. The number of rotatable bonds is 6. The third kappa shape index (κ3) is 3.91. The molecule has 5 nitrogen and oxygen atoms in total. The van der Waals surface area contributed by atoms with Crippen LogP contribution in [-0.2, 0) is 6.54 Å². The zero-order valence-corrected chi connectivity index (χ0v) is 11.7. The van der Waals surface area contributed by atoms with Crippen molar-refractivity contribution >= 4 is 16.5 Å². The minimum atomic E-state index is 0.265. The molecule has 2 N–H and O–H groups in total. The molecule has 1 saturated heterocycles. The molecule has 1 aromatic rings. The maximum atomic E-state index is 8.90. The molecule has 2 heterocycles. The van der Waals surface area contributed by atoms with Gasteiger partial charge in [-0.3, -0.25) is 9.80 Å². The highest BCUT2D eigenvalue weighted by Gasteiger charge is 2.17. The fraction of sp³-hybridized carbons (Fsp3) is 0.750. The lowest BCUT2D eigenvalue weighted by atomic mass is 10.3. The summed E-state index contributed by atoms with van der Waals surface area (Å²) in [6, 6.07) is 0. The first kappa shape index (κ1) is 13.7. The van der Waals surface area contributed by atoms with Crippen LogP contribution in [0.5, 0.6) is 0 Å². The molecule has 1 fully saturated rings. The summed E-state index contributed by atoms with van der Waals surface area (Å²) in [6.07, 6.45) is 1.97. The average molecular weight is 270 g/mol. The van der Waals surface area contributed by atoms with E-state index in [0.29, 0.717) is 0 Å². The fourth-order valence-electron chi connectivity index (χ4n) is 2.15. The van der Waals surface area contributed by atoms with E-state index in [-0.39, 0.29) is 6.61 Å². The van der Waals surface area contributed by atoms with Gasteiger partial charge in [0.05, 0.1) is 6.61 Å². The van der Waals surface area contributed by atoms with Crippen LogP contribution in [0.15, 0.2) is 6.20 Å². The molecule has 0 bridgehead atoms. The number of hydrogen-bond donors (Lipinski definition) is 2. The molecule has 0 spiro atoms. The van der Waals surface area contributed by atoms with Crippen molar-refractivity contribution in [3.63, 3.8) is 0 Å². The Labute approximate surface area is 112 Å². The number of nitrogens with zero attached hydrogens (tertiary/aromatic N) is 3. The Balaban J connectivity index is 1.76. The number of anilines is 1. The maximum absolute atomic E-state index is 8.90. The van der Waals surface area contributed by atoms with E-state index in [1.807, 2.05) is 6.20 Å². The molecule has 2 rings (SSSR count). The second-order valence-electron chi connectivity index (χ2n) is 4.50. The summed E-state index contributed by atoms with van der Waals surface area (Å²) in [5, 5.41) is 13.2. The number of nitrogens with one attached hydrogen (secondary N) is 1. The molecule has 6 heteroatoms. The smallest absolute Gasteiger partial charge is 0.182 e. The van der Waals surface area contributed by atoms with E-state index in [0.717, 1.165) is 50.9 Å². The monoisotopic (exact) mass is 270 g/mol. The lowest BCUT2D eigenvalue weighted by molar-refractivity contribution is 0.109. The third-order valence-electron chi connectivity index (χ3n) is 3.14. The number of β-amino-alcohol motifs (C(OH)–C–C–N with tert-alkyl or cyclic N) is 1. The van der Waals surface area contributed by atoms with Crippen molar-refractivity contribution in [3.8, 4) is 0 Å². The zero-order chi connectivity index (χ0) is 12.8. The van der Waals surface area contributed by atoms with Gasteiger partial charge in [0.25, 0.3) is 0 Å². The van der Waals surface area contributed by atoms with Crippen molar-refractivity contribution in [2.75, 3.05) is 51.2 Å². The van der Waals surface area contributed by atoms with Crippen LogP contribution in [0.2, 0.25) is 0 Å². The lowest BCUT2D eigenvalue weighted by Gasteiger charge is -2.33. The van der Waals surface area contributed by atoms with E-state index in [4.69, 9.17) is 5.11 Å². The van der Waals surface area contributed by atoms with Crippen LogP contribution in [0.1, 0.15) is 11.8 Å². The Kier molecular flexibility index (Phi) is 5.37. The van der Waals surface area contributed by atoms with Gasteiger partial charge in [0.15, 0.2) is 5.13 Å². The van der Waals surface area contributed by atoms with Crippen LogP contribution in [0.3, 0.4) is 0 Å². The summed E-state index contributed by atoms with van der Waals surface area (Å²) in [5.74, 6) is 0. The molecular formula is C12H22N4OS. The van der Waals surface area contributed by atoms with Gasteiger partial charge in [0.2, 0.25) is 0 Å². The average Bonchev–Trinajstić information content (AvgIpc) is 2.80. The molecule has 1 aliphatic heterocycles. The van der Waals surface area contributed by atoms with Crippen molar-refractivity contribution < 1.29 is 5.11 Å². The van der Waals surface area contributed by atoms with Crippen LogP contribution < -0.4 is 5.32 Å². The number of hydrogen-bond acceptors (Lipinski definition) is 6. The summed E-state index contributed by atoms with van der Waals surface area (Å²) in [5.41, 5.74) is 0. The summed E-state index contributed by atoms with van der Waals surface area (Å²) < 4.78 is 0. The van der Waals surface area contributed by atoms with E-state index >= 15 is 0 Å². The van der Waals surface area contributed by atoms with Crippen LogP contribution >= 0.6 is 11.3 Å². The first-order valence-corrected chi connectivity index (χ1v) is 7.37. The van der Waals surface area contributed by atoms with Gasteiger partial charge in [-0.15, -0.1) is 11.3 Å². The van der Waals surface area contributed by atoms with Crippen molar-refractivity contribution in [2.45, 2.75) is 13.5 Å². The van der Waals surface area contributed by atoms with Crippen LogP contribution in [-0.4, -0.2) is 65.8 Å². The van der Waals surface area contributed by atoms with Gasteiger partial charge >= 0.3 is 0 Å². The number of piperazine rings is 1. The van der Waals surface area contributed by atoms with E-state index in [1.165, 1.54) is 4.88 Å². The highest BCUT2D eigenvalue weighted by Crippen LogP contribution is 2.20. The third-order valence-corrected chi connectivity index (χ3v) is 4.08. The first-order chi connectivity index (χ1) is 8.81. The molecule has 1 aromatic heterocycles. The molecule has 1 aliphatic rings. The highest BCUT2D eigenvalue weighted by atomic mass is 32.1. The maximum Gasteiger partial charge on any atom is 0.182 e. The normalized spacial score (nSPS) is 18.1. The van der Waals surface area contributed by atoms with E-state index in [2.05, 4.69) is 27.0 Å². The fourth-order valence-corrected chi connectivity index (χ4v) is 3.07. The van der Waals surface area contributed by atoms with E-state index in [9.17, 15) is 0 Å². The van der Waals surface area contributed by atoms with Crippen LogP contribution in [0, 0.1) is 0 Å². The predicted octanol–water partition coefficient (Wildman–Crippen LogP) is 0.685. The summed E-state index contributed by atoms with van der Waals surface area (Å²) in [6.45, 7) is 9.34. The predicted molar refractivity (Wildman–Crippen MR) is 75.1 cm³/mol. The van der Waals surface area contributed by atoms with Gasteiger partial charge in [-0.05, 0) is 6.92 Å². The SMILES string of the molecule is CCNc1ncc(CN2CCN(CCO)CC2)s1. The number of thiazole rings is 1. The molecule has 0 amide bonds. The lowest BCUT2D eigenvalue weighted by Crippen LogP contribution is -2.46.